The number of aryl methyl sites for hydroxylation is 2. The molecule has 2 rings (SSSR count). The van der Waals surface area contributed by atoms with Crippen molar-refractivity contribution in [2.24, 2.45) is 0 Å². The van der Waals surface area contributed by atoms with Crippen molar-refractivity contribution in [3.63, 3.8) is 0 Å². The predicted molar refractivity (Wildman–Crippen MR) is 114 cm³/mol. The van der Waals surface area contributed by atoms with E-state index in [4.69, 9.17) is 0 Å². The number of hydrogen-bond donors (Lipinski definition) is 2. The minimum Gasteiger partial charge on any atom is -0.505 e. The molecule has 0 saturated heterocycles. The molecule has 0 aliphatic carbocycles. The minimum absolute atomic E-state index is 0.0159. The summed E-state index contributed by atoms with van der Waals surface area (Å²) in [7, 11) is 0. The first-order chi connectivity index (χ1) is 12.0. The molecule has 0 heterocycles. The fourth-order valence-electron chi connectivity index (χ4n) is 3.27. The fraction of sp³-hybridized carbons (Fsp3) is 0.500. The van der Waals surface area contributed by atoms with Gasteiger partial charge in [-0.25, -0.2) is 0 Å². The Hall–Kier alpha value is -1.96. The largest absolute Gasteiger partial charge is 0.505 e. The maximum absolute atomic E-state index is 11.0. The summed E-state index contributed by atoms with van der Waals surface area (Å²) in [6.45, 7) is 17.4. The molecule has 2 aromatic carbocycles. The van der Waals surface area contributed by atoms with Gasteiger partial charge < -0.3 is 10.4 Å². The lowest BCUT2D eigenvalue weighted by molar-refractivity contribution is 0.447. The van der Waals surface area contributed by atoms with E-state index in [2.05, 4.69) is 91.0 Å². The first-order valence-corrected chi connectivity index (χ1v) is 9.74. The second-order valence-corrected chi connectivity index (χ2v) is 9.20. The van der Waals surface area contributed by atoms with Crippen molar-refractivity contribution >= 4 is 11.4 Å². The van der Waals surface area contributed by atoms with Gasteiger partial charge in [-0.15, -0.1) is 0 Å². The first kappa shape index (κ1) is 20.4. The molecule has 0 saturated carbocycles. The molecule has 0 unspecified atom stereocenters. The number of hydrogen-bond acceptors (Lipinski definition) is 2. The van der Waals surface area contributed by atoms with Crippen LogP contribution >= 0.6 is 0 Å². The molecule has 142 valence electrons. The van der Waals surface area contributed by atoms with E-state index >= 15 is 0 Å². The zero-order valence-electron chi connectivity index (χ0n) is 17.7. The number of phenolic OH excluding ortho intramolecular Hbond substituents is 1. The summed E-state index contributed by atoms with van der Waals surface area (Å²) in [5.41, 5.74) is 6.61. The predicted octanol–water partition coefficient (Wildman–Crippen LogP) is 6.86. The van der Waals surface area contributed by atoms with Gasteiger partial charge in [0.2, 0.25) is 0 Å². The first-order valence-electron chi connectivity index (χ1n) is 9.74. The third kappa shape index (κ3) is 4.23. The van der Waals surface area contributed by atoms with E-state index in [1.54, 1.807) is 0 Å². The second-order valence-electron chi connectivity index (χ2n) is 9.20. The van der Waals surface area contributed by atoms with E-state index in [0.717, 1.165) is 29.8 Å². The molecule has 2 nitrogen and oxygen atoms in total. The lowest BCUT2D eigenvalue weighted by Gasteiger charge is -2.28. The van der Waals surface area contributed by atoms with Crippen LogP contribution in [-0.4, -0.2) is 5.11 Å². The molecule has 2 N–H and O–H groups in total. The SMILES string of the molecule is CCc1cccc(CC)c1Nc1cc(C(C)(C)C)cc(C(C)(C)C)c1O. The highest BCUT2D eigenvalue weighted by molar-refractivity contribution is 5.74. The second kappa shape index (κ2) is 7.34. The lowest BCUT2D eigenvalue weighted by atomic mass is 9.79. The Balaban J connectivity index is 2.67. The van der Waals surface area contributed by atoms with Gasteiger partial charge in [0.1, 0.15) is 5.75 Å². The van der Waals surface area contributed by atoms with E-state index in [1.807, 2.05) is 0 Å². The summed E-state index contributed by atoms with van der Waals surface area (Å²) in [6.07, 6.45) is 1.92. The molecule has 0 bridgehead atoms. The van der Waals surface area contributed by atoms with Gasteiger partial charge in [-0.1, -0.05) is 79.7 Å². The molecule has 0 spiro atoms. The summed E-state index contributed by atoms with van der Waals surface area (Å²) in [5.74, 6) is 0.360. The van der Waals surface area contributed by atoms with Crippen LogP contribution in [0.2, 0.25) is 0 Å². The Kier molecular flexibility index (Phi) is 5.75. The molecule has 0 fully saturated rings. The maximum atomic E-state index is 11.0. The monoisotopic (exact) mass is 353 g/mol. The van der Waals surface area contributed by atoms with E-state index in [0.29, 0.717) is 5.75 Å². The molecule has 0 aromatic heterocycles. The standard InChI is InChI=1S/C24H35NO/c1-9-16-12-11-13-17(10-2)21(16)25-20-15-18(23(3,4)5)14-19(22(20)26)24(6,7)8/h11-15,25-26H,9-10H2,1-8H3. The van der Waals surface area contributed by atoms with Crippen molar-refractivity contribution in [2.75, 3.05) is 5.32 Å². The number of para-hydroxylation sites is 1. The summed E-state index contributed by atoms with van der Waals surface area (Å²) in [5, 5.41) is 14.6. The van der Waals surface area contributed by atoms with E-state index < -0.39 is 0 Å². The van der Waals surface area contributed by atoms with Gasteiger partial charge in [0, 0.05) is 11.3 Å². The third-order valence-corrected chi connectivity index (χ3v) is 5.04. The van der Waals surface area contributed by atoms with Crippen molar-refractivity contribution in [3.8, 4) is 5.75 Å². The van der Waals surface area contributed by atoms with Gasteiger partial charge in [0.05, 0.1) is 5.69 Å². The number of aromatic hydroxyl groups is 1. The van der Waals surface area contributed by atoms with Crippen molar-refractivity contribution in [1.29, 1.82) is 0 Å². The van der Waals surface area contributed by atoms with Gasteiger partial charge >= 0.3 is 0 Å². The molecule has 2 heteroatoms. The zero-order valence-corrected chi connectivity index (χ0v) is 17.7. The van der Waals surface area contributed by atoms with Gasteiger partial charge in [-0.3, -0.25) is 0 Å². The van der Waals surface area contributed by atoms with Crippen LogP contribution in [0.3, 0.4) is 0 Å². The van der Waals surface area contributed by atoms with Gasteiger partial charge in [0.25, 0.3) is 0 Å². The smallest absolute Gasteiger partial charge is 0.142 e. The van der Waals surface area contributed by atoms with E-state index in [-0.39, 0.29) is 10.8 Å². The molecule has 0 aliphatic rings. The molecule has 0 atom stereocenters. The van der Waals surface area contributed by atoms with Crippen LogP contribution in [0.15, 0.2) is 30.3 Å². The average molecular weight is 354 g/mol. The Morgan fingerprint density at radius 2 is 1.38 bits per heavy atom. The molecule has 0 aliphatic heterocycles. The Morgan fingerprint density at radius 1 is 0.846 bits per heavy atom. The Labute approximate surface area is 159 Å². The lowest BCUT2D eigenvalue weighted by Crippen LogP contribution is -2.17. The molecular formula is C24H35NO. The number of nitrogens with one attached hydrogen (secondary N) is 1. The van der Waals surface area contributed by atoms with Crippen LogP contribution in [0.1, 0.15) is 77.6 Å². The summed E-state index contributed by atoms with van der Waals surface area (Å²) >= 11 is 0. The fourth-order valence-corrected chi connectivity index (χ4v) is 3.27. The highest BCUT2D eigenvalue weighted by atomic mass is 16.3. The van der Waals surface area contributed by atoms with Crippen LogP contribution in [0, 0.1) is 0 Å². The quantitative estimate of drug-likeness (QED) is 0.589. The van der Waals surface area contributed by atoms with E-state index in [1.165, 1.54) is 16.7 Å². The summed E-state index contributed by atoms with van der Waals surface area (Å²) < 4.78 is 0. The minimum atomic E-state index is -0.125. The molecule has 0 radical (unpaired) electrons. The van der Waals surface area contributed by atoms with Crippen LogP contribution < -0.4 is 5.32 Å². The zero-order chi connectivity index (χ0) is 19.7. The number of phenols is 1. The number of rotatable bonds is 4. The number of benzene rings is 2. The van der Waals surface area contributed by atoms with Gasteiger partial charge in [-0.05, 0) is 46.4 Å². The van der Waals surface area contributed by atoms with Gasteiger partial charge in [-0.2, -0.15) is 0 Å². The maximum Gasteiger partial charge on any atom is 0.142 e. The molecule has 0 amide bonds. The van der Waals surface area contributed by atoms with Crippen LogP contribution in [0.25, 0.3) is 0 Å². The Morgan fingerprint density at radius 3 is 1.81 bits per heavy atom. The van der Waals surface area contributed by atoms with Crippen molar-refractivity contribution in [2.45, 2.75) is 79.1 Å². The topological polar surface area (TPSA) is 32.3 Å². The van der Waals surface area contributed by atoms with Gasteiger partial charge in [0.15, 0.2) is 0 Å². The van der Waals surface area contributed by atoms with E-state index in [9.17, 15) is 5.11 Å². The normalized spacial score (nSPS) is 12.3. The highest BCUT2D eigenvalue weighted by Crippen LogP contribution is 2.42. The van der Waals surface area contributed by atoms with Crippen molar-refractivity contribution in [1.82, 2.24) is 0 Å². The molecule has 2 aromatic rings. The van der Waals surface area contributed by atoms with Crippen LogP contribution in [-0.2, 0) is 23.7 Å². The molecular weight excluding hydrogens is 318 g/mol. The number of anilines is 2. The third-order valence-electron chi connectivity index (χ3n) is 5.04. The van der Waals surface area contributed by atoms with Crippen molar-refractivity contribution < 1.29 is 5.11 Å². The van der Waals surface area contributed by atoms with Crippen LogP contribution in [0.4, 0.5) is 11.4 Å². The summed E-state index contributed by atoms with van der Waals surface area (Å²) in [4.78, 5) is 0. The van der Waals surface area contributed by atoms with Crippen LogP contribution in [0.5, 0.6) is 5.75 Å². The van der Waals surface area contributed by atoms with Crippen molar-refractivity contribution in [3.05, 3.63) is 52.6 Å². The summed E-state index contributed by atoms with van der Waals surface area (Å²) in [6, 6.07) is 10.7. The Bertz CT molecular complexity index is 754. The molecule has 26 heavy (non-hydrogen) atoms. The highest BCUT2D eigenvalue weighted by Gasteiger charge is 2.25. The average Bonchev–Trinajstić information content (AvgIpc) is 2.54.